The lowest BCUT2D eigenvalue weighted by Crippen LogP contribution is -2.06. The van der Waals surface area contributed by atoms with Crippen molar-refractivity contribution >= 4 is 0 Å². The largest absolute Gasteiger partial charge is 0.347 e. The normalized spacial score (nSPS) is 10.7. The van der Waals surface area contributed by atoms with Gasteiger partial charge in [-0.25, -0.2) is 4.39 Å². The molecular weight excluding hydrogens is 215 g/mol. The summed E-state index contributed by atoms with van der Waals surface area (Å²) >= 11 is 0. The molecule has 0 amide bonds. The molecule has 90 valence electrons. The fraction of sp³-hybridized carbons (Fsp3) is 0.286. The summed E-state index contributed by atoms with van der Waals surface area (Å²) in [5, 5.41) is 0. The summed E-state index contributed by atoms with van der Waals surface area (Å²) in [5.74, 6) is -0.190. The highest BCUT2D eigenvalue weighted by Crippen LogP contribution is 2.10. The second-order valence-electron chi connectivity index (χ2n) is 4.15. The molecule has 1 aromatic carbocycles. The number of hydrogen-bond donors (Lipinski definition) is 1. The summed E-state index contributed by atoms with van der Waals surface area (Å²) in [6, 6.07) is 10.8. The molecule has 0 aliphatic heterocycles. The van der Waals surface area contributed by atoms with Crippen LogP contribution in [0.15, 0.2) is 42.6 Å². The Hall–Kier alpha value is -1.61. The van der Waals surface area contributed by atoms with Crippen LogP contribution in [0.3, 0.4) is 0 Å². The number of benzene rings is 1. The van der Waals surface area contributed by atoms with Crippen molar-refractivity contribution in [2.24, 2.45) is 5.73 Å². The van der Waals surface area contributed by atoms with Crippen molar-refractivity contribution in [3.63, 3.8) is 0 Å². The van der Waals surface area contributed by atoms with Crippen LogP contribution in [0.5, 0.6) is 0 Å². The van der Waals surface area contributed by atoms with E-state index in [4.69, 9.17) is 5.73 Å². The first-order valence-electron chi connectivity index (χ1n) is 5.88. The summed E-state index contributed by atoms with van der Waals surface area (Å²) in [4.78, 5) is 0. The van der Waals surface area contributed by atoms with Crippen LogP contribution in [0.1, 0.15) is 17.7 Å². The molecule has 3 heteroatoms. The summed E-state index contributed by atoms with van der Waals surface area (Å²) in [6.45, 7) is 1.49. The average Bonchev–Trinajstić information content (AvgIpc) is 2.77. The maximum absolute atomic E-state index is 12.8. The van der Waals surface area contributed by atoms with Gasteiger partial charge in [0.25, 0.3) is 0 Å². The highest BCUT2D eigenvalue weighted by atomic mass is 19.1. The fourth-order valence-electron chi connectivity index (χ4n) is 1.90. The standard InChI is InChI=1S/C14H17FN2/c15-13-7-5-12(6-8-13)11-17-10-2-4-14(17)3-1-9-16/h2,4-8,10H,1,3,9,11,16H2. The third kappa shape index (κ3) is 3.17. The lowest BCUT2D eigenvalue weighted by Gasteiger charge is -2.09. The van der Waals surface area contributed by atoms with Crippen LogP contribution >= 0.6 is 0 Å². The molecular formula is C14H17FN2. The lowest BCUT2D eigenvalue weighted by atomic mass is 10.2. The van der Waals surface area contributed by atoms with E-state index in [1.807, 2.05) is 18.2 Å². The van der Waals surface area contributed by atoms with Crippen molar-refractivity contribution in [2.75, 3.05) is 6.54 Å². The summed E-state index contributed by atoms with van der Waals surface area (Å²) in [7, 11) is 0. The Labute approximate surface area is 101 Å². The Morgan fingerprint density at radius 1 is 1.12 bits per heavy atom. The molecule has 0 saturated heterocycles. The van der Waals surface area contributed by atoms with Crippen LogP contribution in [0.2, 0.25) is 0 Å². The van der Waals surface area contributed by atoms with E-state index >= 15 is 0 Å². The Morgan fingerprint density at radius 3 is 2.59 bits per heavy atom. The topological polar surface area (TPSA) is 30.9 Å². The van der Waals surface area contributed by atoms with E-state index in [0.717, 1.165) is 24.9 Å². The van der Waals surface area contributed by atoms with Gasteiger partial charge in [0.1, 0.15) is 5.82 Å². The van der Waals surface area contributed by atoms with Crippen molar-refractivity contribution in [1.29, 1.82) is 0 Å². The van der Waals surface area contributed by atoms with Gasteiger partial charge in [-0.1, -0.05) is 12.1 Å². The van der Waals surface area contributed by atoms with Crippen LogP contribution < -0.4 is 5.73 Å². The van der Waals surface area contributed by atoms with Crippen molar-refractivity contribution < 1.29 is 4.39 Å². The second-order valence-corrected chi connectivity index (χ2v) is 4.15. The van der Waals surface area contributed by atoms with Crippen LogP contribution in [0.4, 0.5) is 4.39 Å². The molecule has 1 aromatic heterocycles. The molecule has 17 heavy (non-hydrogen) atoms. The highest BCUT2D eigenvalue weighted by molar-refractivity contribution is 5.18. The number of nitrogens with zero attached hydrogens (tertiary/aromatic N) is 1. The second kappa shape index (κ2) is 5.64. The van der Waals surface area contributed by atoms with Crippen LogP contribution in [-0.4, -0.2) is 11.1 Å². The number of nitrogens with two attached hydrogens (primary N) is 1. The molecule has 2 nitrogen and oxygen atoms in total. The van der Waals surface area contributed by atoms with Gasteiger partial charge in [0.15, 0.2) is 0 Å². The number of aromatic nitrogens is 1. The third-order valence-corrected chi connectivity index (χ3v) is 2.83. The molecule has 0 aliphatic rings. The van der Waals surface area contributed by atoms with Gasteiger partial charge in [0, 0.05) is 18.4 Å². The Balaban J connectivity index is 2.07. The first-order chi connectivity index (χ1) is 8.29. The van der Waals surface area contributed by atoms with E-state index in [1.165, 1.54) is 17.8 Å². The maximum Gasteiger partial charge on any atom is 0.123 e. The van der Waals surface area contributed by atoms with Gasteiger partial charge in [0.2, 0.25) is 0 Å². The van der Waals surface area contributed by atoms with Gasteiger partial charge in [-0.15, -0.1) is 0 Å². The summed E-state index contributed by atoms with van der Waals surface area (Å²) in [6.07, 6.45) is 4.04. The minimum Gasteiger partial charge on any atom is -0.347 e. The molecule has 0 unspecified atom stereocenters. The predicted molar refractivity (Wildman–Crippen MR) is 67.3 cm³/mol. The first-order valence-corrected chi connectivity index (χ1v) is 5.88. The van der Waals surface area contributed by atoms with E-state index in [9.17, 15) is 4.39 Å². The van der Waals surface area contributed by atoms with E-state index in [2.05, 4.69) is 16.8 Å². The van der Waals surface area contributed by atoms with E-state index in [-0.39, 0.29) is 5.82 Å². The number of rotatable bonds is 5. The summed E-state index contributed by atoms with van der Waals surface area (Å²) < 4.78 is 15.0. The molecule has 2 aromatic rings. The van der Waals surface area contributed by atoms with E-state index in [1.54, 1.807) is 0 Å². The Kier molecular flexibility index (Phi) is 3.94. The Bertz CT molecular complexity index is 459. The zero-order chi connectivity index (χ0) is 12.1. The molecule has 2 N–H and O–H groups in total. The van der Waals surface area contributed by atoms with Crippen molar-refractivity contribution in [1.82, 2.24) is 4.57 Å². The van der Waals surface area contributed by atoms with Crippen molar-refractivity contribution in [3.05, 3.63) is 59.7 Å². The molecule has 0 saturated carbocycles. The maximum atomic E-state index is 12.8. The van der Waals surface area contributed by atoms with Gasteiger partial charge >= 0.3 is 0 Å². The third-order valence-electron chi connectivity index (χ3n) is 2.83. The SMILES string of the molecule is NCCCc1cccn1Cc1ccc(F)cc1. The quantitative estimate of drug-likeness (QED) is 0.844. The van der Waals surface area contributed by atoms with Gasteiger partial charge in [-0.3, -0.25) is 0 Å². The monoisotopic (exact) mass is 232 g/mol. The highest BCUT2D eigenvalue weighted by Gasteiger charge is 2.01. The first kappa shape index (κ1) is 11.9. The predicted octanol–water partition coefficient (Wildman–Crippen LogP) is 2.57. The van der Waals surface area contributed by atoms with Crippen molar-refractivity contribution in [2.45, 2.75) is 19.4 Å². The zero-order valence-corrected chi connectivity index (χ0v) is 9.77. The Morgan fingerprint density at radius 2 is 1.88 bits per heavy atom. The number of halogens is 1. The number of hydrogen-bond acceptors (Lipinski definition) is 1. The van der Waals surface area contributed by atoms with Gasteiger partial charge in [-0.05, 0) is 49.2 Å². The minimum absolute atomic E-state index is 0.190. The molecule has 0 spiro atoms. The van der Waals surface area contributed by atoms with Crippen molar-refractivity contribution in [3.8, 4) is 0 Å². The molecule has 0 aliphatic carbocycles. The van der Waals surface area contributed by atoms with Crippen LogP contribution in [0.25, 0.3) is 0 Å². The average molecular weight is 232 g/mol. The molecule has 0 atom stereocenters. The van der Waals surface area contributed by atoms with Crippen LogP contribution in [-0.2, 0) is 13.0 Å². The molecule has 1 heterocycles. The molecule has 0 radical (unpaired) electrons. The fourth-order valence-corrected chi connectivity index (χ4v) is 1.90. The minimum atomic E-state index is -0.190. The van der Waals surface area contributed by atoms with Crippen LogP contribution in [0, 0.1) is 5.82 Å². The summed E-state index contributed by atoms with van der Waals surface area (Å²) in [5.41, 5.74) is 7.90. The lowest BCUT2D eigenvalue weighted by molar-refractivity contribution is 0.625. The van der Waals surface area contributed by atoms with E-state index < -0.39 is 0 Å². The van der Waals surface area contributed by atoms with Gasteiger partial charge in [-0.2, -0.15) is 0 Å². The smallest absolute Gasteiger partial charge is 0.123 e. The molecule has 2 rings (SSSR count). The van der Waals surface area contributed by atoms with Gasteiger partial charge < -0.3 is 10.3 Å². The van der Waals surface area contributed by atoms with Gasteiger partial charge in [0.05, 0.1) is 0 Å². The zero-order valence-electron chi connectivity index (χ0n) is 9.77. The molecule has 0 bridgehead atoms. The van der Waals surface area contributed by atoms with E-state index in [0.29, 0.717) is 6.54 Å². The molecule has 0 fully saturated rings. The number of aryl methyl sites for hydroxylation is 1.